The molecule has 2 aromatic heterocycles. The topological polar surface area (TPSA) is 59.1 Å². The number of pyridine rings is 1. The van der Waals surface area contributed by atoms with E-state index >= 15 is 0 Å². The lowest BCUT2D eigenvalue weighted by atomic mass is 10.0. The zero-order valence-corrected chi connectivity index (χ0v) is 19.3. The van der Waals surface area contributed by atoms with Gasteiger partial charge in [0.2, 0.25) is 10.0 Å². The van der Waals surface area contributed by atoms with E-state index in [4.69, 9.17) is 11.6 Å². The van der Waals surface area contributed by atoms with E-state index in [0.29, 0.717) is 16.3 Å². The van der Waals surface area contributed by atoms with Crippen molar-refractivity contribution in [2.45, 2.75) is 26.5 Å². The average Bonchev–Trinajstić information content (AvgIpc) is 2.99. The molecule has 0 atom stereocenters. The fourth-order valence-electron chi connectivity index (χ4n) is 3.58. The lowest BCUT2D eigenvalue weighted by Gasteiger charge is -2.13. The first-order chi connectivity index (χ1) is 14.2. The van der Waals surface area contributed by atoms with Crippen molar-refractivity contribution in [2.75, 3.05) is 4.72 Å². The Balaban J connectivity index is 1.84. The van der Waals surface area contributed by atoms with Crippen LogP contribution in [0, 0.1) is 20.8 Å². The van der Waals surface area contributed by atoms with E-state index < -0.39 is 10.0 Å². The minimum absolute atomic E-state index is 0.196. The van der Waals surface area contributed by atoms with Gasteiger partial charge >= 0.3 is 0 Å². The van der Waals surface area contributed by atoms with Crippen LogP contribution in [0.2, 0.25) is 5.02 Å². The molecule has 4 aromatic rings. The summed E-state index contributed by atoms with van der Waals surface area (Å²) in [6, 6.07) is 17.0. The van der Waals surface area contributed by atoms with Crippen molar-refractivity contribution >= 4 is 48.9 Å². The van der Waals surface area contributed by atoms with E-state index in [1.54, 1.807) is 41.7 Å². The third kappa shape index (κ3) is 4.21. The van der Waals surface area contributed by atoms with Crippen LogP contribution in [0.1, 0.15) is 21.7 Å². The lowest BCUT2D eigenvalue weighted by molar-refractivity contribution is 0.600. The zero-order chi connectivity index (χ0) is 21.5. The summed E-state index contributed by atoms with van der Waals surface area (Å²) in [5, 5.41) is 1.27. The van der Waals surface area contributed by atoms with Crippen LogP contribution in [-0.4, -0.2) is 13.4 Å². The predicted octanol–water partition coefficient (Wildman–Crippen LogP) is 6.48. The minimum Gasteiger partial charge on any atom is -0.282 e. The SMILES string of the molecule is Cc1cccc(-c2c(C)sc3nc(C)cc(NS(=O)(=O)Cc4ccccc4Cl)c23)c1. The van der Waals surface area contributed by atoms with Gasteiger partial charge in [0.15, 0.2) is 0 Å². The van der Waals surface area contributed by atoms with E-state index in [1.165, 1.54) is 0 Å². The molecule has 7 heteroatoms. The molecule has 0 amide bonds. The number of aromatic nitrogens is 1. The van der Waals surface area contributed by atoms with Crippen molar-refractivity contribution in [3.05, 3.63) is 81.3 Å². The standard InChI is InChI=1S/C23H21ClN2O2S2/c1-14-7-6-9-17(11-14)21-16(3)29-23-22(21)20(12-15(2)25-23)26-30(27,28)13-18-8-4-5-10-19(18)24/h4-12H,13H2,1-3H3,(H,25,26). The minimum atomic E-state index is -3.67. The summed E-state index contributed by atoms with van der Waals surface area (Å²) in [5.41, 5.74) is 5.08. The number of halogens is 1. The van der Waals surface area contributed by atoms with Crippen LogP contribution in [0.3, 0.4) is 0 Å². The summed E-state index contributed by atoms with van der Waals surface area (Å²) in [7, 11) is -3.67. The van der Waals surface area contributed by atoms with Crippen molar-refractivity contribution < 1.29 is 8.42 Å². The van der Waals surface area contributed by atoms with Crippen molar-refractivity contribution in [1.82, 2.24) is 4.98 Å². The van der Waals surface area contributed by atoms with Gasteiger partial charge in [-0.05, 0) is 44.0 Å². The maximum absolute atomic E-state index is 13.0. The Morgan fingerprint density at radius 2 is 1.80 bits per heavy atom. The van der Waals surface area contributed by atoms with Gasteiger partial charge in [-0.15, -0.1) is 11.3 Å². The first-order valence-corrected chi connectivity index (χ1v) is 12.3. The summed E-state index contributed by atoms with van der Waals surface area (Å²) >= 11 is 7.75. The highest BCUT2D eigenvalue weighted by Crippen LogP contribution is 2.42. The molecule has 2 aromatic carbocycles. The second kappa shape index (κ2) is 8.02. The Hall–Kier alpha value is -2.41. The molecule has 4 nitrogen and oxygen atoms in total. The fourth-order valence-corrected chi connectivity index (χ4v) is 6.21. The lowest BCUT2D eigenvalue weighted by Crippen LogP contribution is -2.16. The van der Waals surface area contributed by atoms with Crippen LogP contribution in [0.15, 0.2) is 54.6 Å². The molecule has 0 radical (unpaired) electrons. The molecule has 0 bridgehead atoms. The van der Waals surface area contributed by atoms with Gasteiger partial charge in [0, 0.05) is 26.5 Å². The van der Waals surface area contributed by atoms with Crippen molar-refractivity contribution in [3.8, 4) is 11.1 Å². The highest BCUT2D eigenvalue weighted by Gasteiger charge is 2.21. The Bertz CT molecular complexity index is 1360. The molecule has 30 heavy (non-hydrogen) atoms. The third-order valence-electron chi connectivity index (χ3n) is 4.84. The molecule has 0 unspecified atom stereocenters. The van der Waals surface area contributed by atoms with Crippen LogP contribution >= 0.6 is 22.9 Å². The van der Waals surface area contributed by atoms with Crippen LogP contribution < -0.4 is 4.72 Å². The van der Waals surface area contributed by atoms with E-state index in [-0.39, 0.29) is 5.75 Å². The number of rotatable bonds is 5. The number of sulfonamides is 1. The summed E-state index contributed by atoms with van der Waals surface area (Å²) in [4.78, 5) is 6.57. The highest BCUT2D eigenvalue weighted by molar-refractivity contribution is 7.92. The summed E-state index contributed by atoms with van der Waals surface area (Å²) < 4.78 is 28.8. The van der Waals surface area contributed by atoms with Gasteiger partial charge < -0.3 is 0 Å². The second-order valence-corrected chi connectivity index (χ2v) is 10.7. The van der Waals surface area contributed by atoms with Gasteiger partial charge in [0.1, 0.15) is 4.83 Å². The first-order valence-electron chi connectivity index (χ1n) is 9.45. The summed E-state index contributed by atoms with van der Waals surface area (Å²) in [6.07, 6.45) is 0. The van der Waals surface area contributed by atoms with Gasteiger partial charge in [0.25, 0.3) is 0 Å². The molecule has 1 N–H and O–H groups in total. The Kier molecular flexibility index (Phi) is 5.57. The number of fused-ring (bicyclic) bond motifs is 1. The maximum atomic E-state index is 13.0. The molecule has 4 rings (SSSR count). The number of thiophene rings is 1. The van der Waals surface area contributed by atoms with Crippen molar-refractivity contribution in [3.63, 3.8) is 0 Å². The number of aryl methyl sites for hydroxylation is 3. The van der Waals surface area contributed by atoms with Gasteiger partial charge in [0.05, 0.1) is 11.4 Å². The van der Waals surface area contributed by atoms with E-state index in [0.717, 1.165) is 37.5 Å². The van der Waals surface area contributed by atoms with Crippen LogP contribution in [0.5, 0.6) is 0 Å². The Morgan fingerprint density at radius 3 is 2.53 bits per heavy atom. The van der Waals surface area contributed by atoms with Gasteiger partial charge in [-0.2, -0.15) is 0 Å². The molecule has 2 heterocycles. The van der Waals surface area contributed by atoms with Gasteiger partial charge in [-0.1, -0.05) is 59.6 Å². The average molecular weight is 457 g/mol. The molecule has 154 valence electrons. The van der Waals surface area contributed by atoms with Crippen LogP contribution in [0.4, 0.5) is 5.69 Å². The third-order valence-corrected chi connectivity index (χ3v) is 7.43. The predicted molar refractivity (Wildman–Crippen MR) is 127 cm³/mol. The van der Waals surface area contributed by atoms with Crippen LogP contribution in [-0.2, 0) is 15.8 Å². The van der Waals surface area contributed by atoms with E-state index in [9.17, 15) is 8.42 Å². The number of hydrogen-bond donors (Lipinski definition) is 1. The molecular weight excluding hydrogens is 436 g/mol. The van der Waals surface area contributed by atoms with Crippen molar-refractivity contribution in [2.24, 2.45) is 0 Å². The molecule has 0 fully saturated rings. The molecule has 0 aliphatic rings. The molecule has 0 saturated carbocycles. The number of nitrogens with one attached hydrogen (secondary N) is 1. The van der Waals surface area contributed by atoms with Gasteiger partial charge in [-0.3, -0.25) is 4.72 Å². The quantitative estimate of drug-likeness (QED) is 0.373. The highest BCUT2D eigenvalue weighted by atomic mass is 35.5. The monoisotopic (exact) mass is 456 g/mol. The summed E-state index contributed by atoms with van der Waals surface area (Å²) in [6.45, 7) is 5.96. The largest absolute Gasteiger partial charge is 0.282 e. The van der Waals surface area contributed by atoms with Crippen molar-refractivity contribution in [1.29, 1.82) is 0 Å². The smallest absolute Gasteiger partial charge is 0.236 e. The second-order valence-electron chi connectivity index (χ2n) is 7.35. The first kappa shape index (κ1) is 20.8. The normalized spacial score (nSPS) is 11.7. The van der Waals surface area contributed by atoms with Gasteiger partial charge in [-0.25, -0.2) is 13.4 Å². The molecule has 0 aliphatic heterocycles. The molecule has 0 aliphatic carbocycles. The Morgan fingerprint density at radius 1 is 1.03 bits per heavy atom. The molecule has 0 saturated heterocycles. The number of hydrogen-bond acceptors (Lipinski definition) is 4. The van der Waals surface area contributed by atoms with E-state index in [1.807, 2.05) is 39.0 Å². The number of benzene rings is 2. The summed E-state index contributed by atoms with van der Waals surface area (Å²) in [5.74, 6) is -0.196. The molecule has 0 spiro atoms. The number of nitrogens with zero attached hydrogens (tertiary/aromatic N) is 1. The Labute approximate surface area is 185 Å². The van der Waals surface area contributed by atoms with Crippen LogP contribution in [0.25, 0.3) is 21.3 Å². The number of anilines is 1. The molecular formula is C23H21ClN2O2S2. The maximum Gasteiger partial charge on any atom is 0.236 e. The van der Waals surface area contributed by atoms with E-state index in [2.05, 4.69) is 15.8 Å². The zero-order valence-electron chi connectivity index (χ0n) is 16.9. The fraction of sp³-hybridized carbons (Fsp3) is 0.174.